The van der Waals surface area contributed by atoms with Crippen LogP contribution >= 0.6 is 0 Å². The number of fused-ring (bicyclic) bond motifs is 2. The first kappa shape index (κ1) is 18.2. The Labute approximate surface area is 159 Å². The lowest BCUT2D eigenvalue weighted by Crippen LogP contribution is -2.34. The Hall–Kier alpha value is -2.15. The summed E-state index contributed by atoms with van der Waals surface area (Å²) in [6.45, 7) is 5.91. The number of sulfonamides is 1. The van der Waals surface area contributed by atoms with Gasteiger partial charge in [-0.3, -0.25) is 0 Å². The number of aryl methyl sites for hydroxylation is 1. The predicted octanol–water partition coefficient (Wildman–Crippen LogP) is 3.98. The van der Waals surface area contributed by atoms with Crippen LogP contribution in [0.5, 0.6) is 0 Å². The topological polar surface area (TPSA) is 73.4 Å². The highest BCUT2D eigenvalue weighted by Gasteiger charge is 2.41. The Kier molecular flexibility index (Phi) is 4.37. The van der Waals surface area contributed by atoms with Crippen molar-refractivity contribution in [1.29, 1.82) is 0 Å². The number of rotatable bonds is 4. The number of β-amino-alcohol motifs (C(OH)–C–C–N with tert-alkyl or cyclic N) is 1. The highest BCUT2D eigenvalue weighted by molar-refractivity contribution is 7.89. The Morgan fingerprint density at radius 3 is 2.74 bits per heavy atom. The zero-order chi connectivity index (χ0) is 19.3. The summed E-state index contributed by atoms with van der Waals surface area (Å²) >= 11 is 0. The molecule has 0 radical (unpaired) electrons. The molecule has 6 heteroatoms. The second-order valence-corrected chi connectivity index (χ2v) is 9.18. The van der Waals surface area contributed by atoms with Gasteiger partial charge in [0.2, 0.25) is 10.0 Å². The number of nitrogens with one attached hydrogen (secondary N) is 1. The molecule has 0 saturated carbocycles. The average Bonchev–Trinajstić information content (AvgIpc) is 3.14. The first-order valence-electron chi connectivity index (χ1n) is 9.25. The summed E-state index contributed by atoms with van der Waals surface area (Å²) in [4.78, 5) is 3.65. The normalized spacial score (nSPS) is 20.1. The second-order valence-electron chi connectivity index (χ2n) is 7.32. The summed E-state index contributed by atoms with van der Waals surface area (Å²) in [5, 5.41) is 11.1. The van der Waals surface area contributed by atoms with Crippen molar-refractivity contribution in [3.05, 3.63) is 53.7 Å². The maximum atomic E-state index is 12.9. The van der Waals surface area contributed by atoms with E-state index in [9.17, 15) is 13.5 Å². The van der Waals surface area contributed by atoms with Gasteiger partial charge < -0.3 is 10.1 Å². The number of aliphatic hydroxyl groups is 1. The number of aromatic nitrogens is 1. The molecule has 0 spiro atoms. The van der Waals surface area contributed by atoms with E-state index < -0.39 is 16.1 Å². The molecule has 1 aliphatic heterocycles. The molecule has 1 unspecified atom stereocenters. The van der Waals surface area contributed by atoms with Crippen LogP contribution < -0.4 is 0 Å². The monoisotopic (exact) mass is 384 g/mol. The second kappa shape index (κ2) is 6.48. The number of nitrogens with zero attached hydrogens (tertiary/aromatic N) is 1. The molecule has 3 aromatic rings. The van der Waals surface area contributed by atoms with Crippen molar-refractivity contribution in [3.63, 3.8) is 0 Å². The molecule has 0 fully saturated rings. The largest absolute Gasteiger partial charge is 0.392 e. The van der Waals surface area contributed by atoms with Gasteiger partial charge in [0.15, 0.2) is 0 Å². The predicted molar refractivity (Wildman–Crippen MR) is 107 cm³/mol. The van der Waals surface area contributed by atoms with Gasteiger partial charge in [0.1, 0.15) is 0 Å². The van der Waals surface area contributed by atoms with Gasteiger partial charge in [0, 0.05) is 35.2 Å². The minimum atomic E-state index is -3.57. The molecule has 5 nitrogen and oxygen atoms in total. The minimum absolute atomic E-state index is 0.121. The molecule has 2 atom stereocenters. The maximum Gasteiger partial charge on any atom is 0.244 e. The summed E-state index contributed by atoms with van der Waals surface area (Å²) in [7, 11) is -3.57. The zero-order valence-electron chi connectivity index (χ0n) is 15.7. The molecule has 4 rings (SSSR count). The van der Waals surface area contributed by atoms with Crippen LogP contribution in [0.1, 0.15) is 37.4 Å². The minimum Gasteiger partial charge on any atom is -0.392 e. The van der Waals surface area contributed by atoms with Crippen LogP contribution in [-0.2, 0) is 10.0 Å². The molecule has 142 valence electrons. The van der Waals surface area contributed by atoms with E-state index in [1.807, 2.05) is 32.2 Å². The lowest BCUT2D eigenvalue weighted by molar-refractivity contribution is 0.133. The van der Waals surface area contributed by atoms with Crippen LogP contribution in [0.2, 0.25) is 0 Å². The molecule has 0 aliphatic carbocycles. The summed E-state index contributed by atoms with van der Waals surface area (Å²) in [6.07, 6.45) is 1.83. The average molecular weight is 385 g/mol. The van der Waals surface area contributed by atoms with Crippen LogP contribution in [0.25, 0.3) is 22.0 Å². The van der Waals surface area contributed by atoms with E-state index in [2.05, 4.69) is 30.1 Å². The van der Waals surface area contributed by atoms with Gasteiger partial charge in [0.25, 0.3) is 0 Å². The molecule has 27 heavy (non-hydrogen) atoms. The van der Waals surface area contributed by atoms with E-state index >= 15 is 0 Å². The standard InChI is InChI=1S/C21H24N2O3S/c1-4-16(24)12-23-14(3)18-10-15(6-8-21(18)27(23,25)26)19-11-22-20-9-13(2)5-7-17(19)20/h5-11,14,16,22,24H,4,12H2,1-3H3/t14?,16-/m0/s1. The number of hydrogen-bond donors (Lipinski definition) is 2. The molecule has 0 saturated heterocycles. The highest BCUT2D eigenvalue weighted by atomic mass is 32.2. The van der Waals surface area contributed by atoms with Crippen molar-refractivity contribution < 1.29 is 13.5 Å². The van der Waals surface area contributed by atoms with Gasteiger partial charge in [0.05, 0.1) is 11.0 Å². The fourth-order valence-corrected chi connectivity index (χ4v) is 5.76. The van der Waals surface area contributed by atoms with Crippen LogP contribution in [0.3, 0.4) is 0 Å². The number of aromatic amines is 1. The Morgan fingerprint density at radius 1 is 1.22 bits per heavy atom. The molecular formula is C21H24N2O3S. The molecule has 2 N–H and O–H groups in total. The van der Waals surface area contributed by atoms with Gasteiger partial charge >= 0.3 is 0 Å². The summed E-state index contributed by atoms with van der Waals surface area (Å²) in [5.74, 6) is 0. The summed E-state index contributed by atoms with van der Waals surface area (Å²) in [6, 6.07) is 11.5. The van der Waals surface area contributed by atoms with Gasteiger partial charge in [-0.15, -0.1) is 0 Å². The van der Waals surface area contributed by atoms with Crippen molar-refractivity contribution in [3.8, 4) is 11.1 Å². The number of hydrogen-bond acceptors (Lipinski definition) is 3. The van der Waals surface area contributed by atoms with Crippen molar-refractivity contribution in [2.45, 2.75) is 44.2 Å². The van der Waals surface area contributed by atoms with Crippen molar-refractivity contribution in [2.24, 2.45) is 0 Å². The quantitative estimate of drug-likeness (QED) is 0.715. The van der Waals surface area contributed by atoms with E-state index in [-0.39, 0.29) is 12.6 Å². The van der Waals surface area contributed by atoms with Crippen LogP contribution in [0.15, 0.2) is 47.5 Å². The van der Waals surface area contributed by atoms with Gasteiger partial charge in [-0.1, -0.05) is 25.1 Å². The fraction of sp³-hybridized carbons (Fsp3) is 0.333. The smallest absolute Gasteiger partial charge is 0.244 e. The molecule has 1 aromatic heterocycles. The van der Waals surface area contributed by atoms with Gasteiger partial charge in [-0.05, 0) is 55.2 Å². The molecule has 1 aliphatic rings. The lowest BCUT2D eigenvalue weighted by atomic mass is 9.99. The first-order chi connectivity index (χ1) is 12.8. The highest BCUT2D eigenvalue weighted by Crippen LogP contribution is 2.42. The van der Waals surface area contributed by atoms with Crippen molar-refractivity contribution in [2.75, 3.05) is 6.54 Å². The fourth-order valence-electron chi connectivity index (χ4n) is 3.84. The summed E-state index contributed by atoms with van der Waals surface area (Å²) in [5.41, 5.74) is 5.10. The van der Waals surface area contributed by atoms with E-state index in [1.165, 1.54) is 9.87 Å². The van der Waals surface area contributed by atoms with Gasteiger partial charge in [-0.25, -0.2) is 8.42 Å². The lowest BCUT2D eigenvalue weighted by Gasteiger charge is -2.22. The molecule has 0 bridgehead atoms. The first-order valence-corrected chi connectivity index (χ1v) is 10.7. The Balaban J connectivity index is 1.79. The Bertz CT molecular complexity index is 1120. The van der Waals surface area contributed by atoms with E-state index in [4.69, 9.17) is 0 Å². The SMILES string of the molecule is CC[C@H](O)CN1C(C)c2cc(-c3c[nH]c4cc(C)ccc34)ccc2S1(=O)=O. The van der Waals surface area contributed by atoms with Crippen molar-refractivity contribution in [1.82, 2.24) is 9.29 Å². The third kappa shape index (κ3) is 2.88. The van der Waals surface area contributed by atoms with E-state index in [1.54, 1.807) is 6.07 Å². The number of aliphatic hydroxyl groups excluding tert-OH is 1. The summed E-state index contributed by atoms with van der Waals surface area (Å²) < 4.78 is 27.2. The third-order valence-corrected chi connectivity index (χ3v) is 7.50. The molecule has 2 aromatic carbocycles. The maximum absolute atomic E-state index is 12.9. The van der Waals surface area contributed by atoms with Gasteiger partial charge in [-0.2, -0.15) is 4.31 Å². The molecule has 2 heterocycles. The van der Waals surface area contributed by atoms with Crippen molar-refractivity contribution >= 4 is 20.9 Å². The van der Waals surface area contributed by atoms with Crippen LogP contribution in [-0.4, -0.2) is 35.5 Å². The van der Waals surface area contributed by atoms with Crippen LogP contribution in [0.4, 0.5) is 0 Å². The number of H-pyrrole nitrogens is 1. The molecular weight excluding hydrogens is 360 g/mol. The third-order valence-electron chi connectivity index (χ3n) is 5.49. The zero-order valence-corrected chi connectivity index (χ0v) is 16.5. The molecule has 0 amide bonds. The van der Waals surface area contributed by atoms with E-state index in [0.717, 1.165) is 27.6 Å². The van der Waals surface area contributed by atoms with Crippen LogP contribution in [0, 0.1) is 6.92 Å². The number of benzene rings is 2. The Morgan fingerprint density at radius 2 is 2.00 bits per heavy atom. The van der Waals surface area contributed by atoms with E-state index in [0.29, 0.717) is 11.3 Å².